The minimum absolute atomic E-state index is 0.217. The Morgan fingerprint density at radius 1 is 1.24 bits per heavy atom. The average Bonchev–Trinajstić information content (AvgIpc) is 2.35. The molecule has 0 bridgehead atoms. The molecule has 2 aromatic rings. The molecule has 1 aromatic heterocycles. The molecule has 0 saturated heterocycles. The summed E-state index contributed by atoms with van der Waals surface area (Å²) in [6, 6.07) is 10.4. The minimum atomic E-state index is -0.217. The molecule has 0 aliphatic carbocycles. The van der Waals surface area contributed by atoms with Crippen LogP contribution in [0.15, 0.2) is 52.5 Å². The molecule has 1 N–H and O–H groups in total. The third-order valence-corrected chi connectivity index (χ3v) is 3.31. The molecule has 17 heavy (non-hydrogen) atoms. The largest absolute Gasteiger partial charge is 0.316 e. The molecule has 1 heterocycles. The van der Waals surface area contributed by atoms with Crippen LogP contribution in [-0.4, -0.2) is 12.0 Å². The SMILES string of the molecule is CNCc1cccnc1Sc1ccc(F)cc1. The Morgan fingerprint density at radius 2 is 2.00 bits per heavy atom. The maximum Gasteiger partial charge on any atom is 0.123 e. The van der Waals surface area contributed by atoms with Gasteiger partial charge in [-0.05, 0) is 42.9 Å². The second kappa shape index (κ2) is 5.80. The van der Waals surface area contributed by atoms with Gasteiger partial charge in [0.15, 0.2) is 0 Å². The van der Waals surface area contributed by atoms with E-state index in [9.17, 15) is 4.39 Å². The summed E-state index contributed by atoms with van der Waals surface area (Å²) in [6.07, 6.45) is 1.77. The molecule has 0 unspecified atom stereocenters. The zero-order chi connectivity index (χ0) is 12.1. The van der Waals surface area contributed by atoms with Crippen LogP contribution in [0.4, 0.5) is 4.39 Å². The van der Waals surface area contributed by atoms with Gasteiger partial charge in [0, 0.05) is 17.6 Å². The molecule has 0 atom stereocenters. The van der Waals surface area contributed by atoms with Gasteiger partial charge in [-0.15, -0.1) is 0 Å². The first-order valence-electron chi connectivity index (χ1n) is 5.31. The highest BCUT2D eigenvalue weighted by molar-refractivity contribution is 7.99. The maximum absolute atomic E-state index is 12.8. The summed E-state index contributed by atoms with van der Waals surface area (Å²) < 4.78 is 12.8. The van der Waals surface area contributed by atoms with Gasteiger partial charge in [0.25, 0.3) is 0 Å². The Kier molecular flexibility index (Phi) is 4.12. The first kappa shape index (κ1) is 12.1. The second-order valence-electron chi connectivity index (χ2n) is 3.55. The number of pyridine rings is 1. The van der Waals surface area contributed by atoms with Crippen LogP contribution < -0.4 is 5.32 Å². The monoisotopic (exact) mass is 248 g/mol. The number of hydrogen-bond donors (Lipinski definition) is 1. The standard InChI is InChI=1S/C13H13FN2S/c1-15-9-10-3-2-8-16-13(10)17-12-6-4-11(14)5-7-12/h2-8,15H,9H2,1H3. The van der Waals surface area contributed by atoms with Crippen LogP contribution in [0.5, 0.6) is 0 Å². The Hall–Kier alpha value is -1.39. The van der Waals surface area contributed by atoms with E-state index in [2.05, 4.69) is 10.3 Å². The van der Waals surface area contributed by atoms with Crippen LogP contribution in [-0.2, 0) is 6.54 Å². The van der Waals surface area contributed by atoms with Gasteiger partial charge in [-0.1, -0.05) is 17.8 Å². The first-order chi connectivity index (χ1) is 8.29. The molecule has 0 radical (unpaired) electrons. The van der Waals surface area contributed by atoms with E-state index in [0.29, 0.717) is 0 Å². The average molecular weight is 248 g/mol. The van der Waals surface area contributed by atoms with Crippen LogP contribution in [0.25, 0.3) is 0 Å². The number of aromatic nitrogens is 1. The Labute approximate surface area is 104 Å². The predicted molar refractivity (Wildman–Crippen MR) is 67.5 cm³/mol. The normalized spacial score (nSPS) is 10.5. The lowest BCUT2D eigenvalue weighted by Crippen LogP contribution is -2.06. The quantitative estimate of drug-likeness (QED) is 0.900. The summed E-state index contributed by atoms with van der Waals surface area (Å²) >= 11 is 1.55. The van der Waals surface area contributed by atoms with E-state index < -0.39 is 0 Å². The molecular weight excluding hydrogens is 235 g/mol. The summed E-state index contributed by atoms with van der Waals surface area (Å²) in [4.78, 5) is 5.33. The maximum atomic E-state index is 12.8. The van der Waals surface area contributed by atoms with Gasteiger partial charge < -0.3 is 5.32 Å². The van der Waals surface area contributed by atoms with E-state index >= 15 is 0 Å². The fraction of sp³-hybridized carbons (Fsp3) is 0.154. The fourth-order valence-electron chi connectivity index (χ4n) is 1.46. The van der Waals surface area contributed by atoms with Gasteiger partial charge in [-0.3, -0.25) is 0 Å². The van der Waals surface area contributed by atoms with Crippen molar-refractivity contribution in [1.82, 2.24) is 10.3 Å². The summed E-state index contributed by atoms with van der Waals surface area (Å²) in [7, 11) is 1.90. The summed E-state index contributed by atoms with van der Waals surface area (Å²) in [6.45, 7) is 0.775. The second-order valence-corrected chi connectivity index (χ2v) is 4.62. The lowest BCUT2D eigenvalue weighted by molar-refractivity contribution is 0.626. The molecule has 88 valence electrons. The molecule has 2 nitrogen and oxygen atoms in total. The highest BCUT2D eigenvalue weighted by Gasteiger charge is 2.04. The summed E-state index contributed by atoms with van der Waals surface area (Å²) in [5.74, 6) is -0.217. The number of benzene rings is 1. The first-order valence-corrected chi connectivity index (χ1v) is 6.13. The molecule has 0 aliphatic heterocycles. The number of hydrogen-bond acceptors (Lipinski definition) is 3. The van der Waals surface area contributed by atoms with Gasteiger partial charge in [-0.2, -0.15) is 0 Å². The van der Waals surface area contributed by atoms with Crippen molar-refractivity contribution in [2.45, 2.75) is 16.5 Å². The van der Waals surface area contributed by atoms with Crippen molar-refractivity contribution in [3.8, 4) is 0 Å². The molecule has 4 heteroatoms. The third-order valence-electron chi connectivity index (χ3n) is 2.25. The zero-order valence-corrected chi connectivity index (χ0v) is 10.3. The van der Waals surface area contributed by atoms with Crippen molar-refractivity contribution in [3.05, 3.63) is 54.0 Å². The van der Waals surface area contributed by atoms with Crippen LogP contribution in [0.1, 0.15) is 5.56 Å². The molecular formula is C13H13FN2S. The van der Waals surface area contributed by atoms with Crippen LogP contribution in [0, 0.1) is 5.82 Å². The van der Waals surface area contributed by atoms with E-state index in [1.807, 2.05) is 19.2 Å². The molecule has 0 spiro atoms. The van der Waals surface area contributed by atoms with Crippen LogP contribution in [0.2, 0.25) is 0 Å². The highest BCUT2D eigenvalue weighted by Crippen LogP contribution is 2.28. The van der Waals surface area contributed by atoms with Crippen molar-refractivity contribution < 1.29 is 4.39 Å². The van der Waals surface area contributed by atoms with Crippen molar-refractivity contribution in [3.63, 3.8) is 0 Å². The fourth-order valence-corrected chi connectivity index (χ4v) is 2.34. The van der Waals surface area contributed by atoms with E-state index in [0.717, 1.165) is 22.0 Å². The number of nitrogens with one attached hydrogen (secondary N) is 1. The van der Waals surface area contributed by atoms with Gasteiger partial charge >= 0.3 is 0 Å². The highest BCUT2D eigenvalue weighted by atomic mass is 32.2. The molecule has 2 rings (SSSR count). The van der Waals surface area contributed by atoms with Gasteiger partial charge in [0.2, 0.25) is 0 Å². The van der Waals surface area contributed by atoms with E-state index in [4.69, 9.17) is 0 Å². The van der Waals surface area contributed by atoms with E-state index in [-0.39, 0.29) is 5.82 Å². The van der Waals surface area contributed by atoms with Crippen LogP contribution in [0.3, 0.4) is 0 Å². The summed E-state index contributed by atoms with van der Waals surface area (Å²) in [5, 5.41) is 4.06. The van der Waals surface area contributed by atoms with Gasteiger partial charge in [0.05, 0.1) is 0 Å². The van der Waals surface area contributed by atoms with Crippen molar-refractivity contribution >= 4 is 11.8 Å². The molecule has 0 fully saturated rings. The number of rotatable bonds is 4. The van der Waals surface area contributed by atoms with Gasteiger partial charge in [0.1, 0.15) is 10.8 Å². The lowest BCUT2D eigenvalue weighted by atomic mass is 10.3. The Morgan fingerprint density at radius 3 is 2.71 bits per heavy atom. The molecule has 0 amide bonds. The predicted octanol–water partition coefficient (Wildman–Crippen LogP) is 3.09. The molecule has 0 aliphatic rings. The third kappa shape index (κ3) is 3.28. The van der Waals surface area contributed by atoms with Crippen molar-refractivity contribution in [2.75, 3.05) is 7.05 Å². The summed E-state index contributed by atoms with van der Waals surface area (Å²) in [5.41, 5.74) is 1.14. The van der Waals surface area contributed by atoms with Crippen molar-refractivity contribution in [2.24, 2.45) is 0 Å². The lowest BCUT2D eigenvalue weighted by Gasteiger charge is -2.07. The molecule has 1 aromatic carbocycles. The number of halogens is 1. The minimum Gasteiger partial charge on any atom is -0.316 e. The van der Waals surface area contributed by atoms with Crippen LogP contribution >= 0.6 is 11.8 Å². The Bertz CT molecular complexity index is 485. The van der Waals surface area contributed by atoms with E-state index in [1.54, 1.807) is 30.1 Å². The van der Waals surface area contributed by atoms with Crippen molar-refractivity contribution in [1.29, 1.82) is 0 Å². The smallest absolute Gasteiger partial charge is 0.123 e. The molecule has 0 saturated carbocycles. The Balaban J connectivity index is 2.20. The number of nitrogens with zero attached hydrogens (tertiary/aromatic N) is 1. The zero-order valence-electron chi connectivity index (χ0n) is 9.48. The van der Waals surface area contributed by atoms with E-state index in [1.165, 1.54) is 12.1 Å². The van der Waals surface area contributed by atoms with Gasteiger partial charge in [-0.25, -0.2) is 9.37 Å². The topological polar surface area (TPSA) is 24.9 Å².